The van der Waals surface area contributed by atoms with Crippen LogP contribution in [0.2, 0.25) is 0 Å². The molecular formula is C79H153NO5. The Morgan fingerprint density at radius 3 is 0.847 bits per heavy atom. The van der Waals surface area contributed by atoms with Crippen LogP contribution in [-0.4, -0.2) is 47.4 Å². The van der Waals surface area contributed by atoms with Crippen LogP contribution in [-0.2, 0) is 14.3 Å². The van der Waals surface area contributed by atoms with Crippen molar-refractivity contribution in [1.29, 1.82) is 0 Å². The van der Waals surface area contributed by atoms with Crippen molar-refractivity contribution in [2.75, 3.05) is 13.2 Å². The van der Waals surface area contributed by atoms with E-state index in [9.17, 15) is 19.8 Å². The van der Waals surface area contributed by atoms with Crippen LogP contribution in [0.15, 0.2) is 24.3 Å². The molecule has 3 N–H and O–H groups in total. The summed E-state index contributed by atoms with van der Waals surface area (Å²) in [7, 11) is 0. The number of allylic oxidation sites excluding steroid dienone is 3. The fourth-order valence-electron chi connectivity index (χ4n) is 12.5. The van der Waals surface area contributed by atoms with Gasteiger partial charge in [-0.2, -0.15) is 0 Å². The summed E-state index contributed by atoms with van der Waals surface area (Å²) in [6.07, 6.45) is 95.9. The molecule has 0 aromatic carbocycles. The van der Waals surface area contributed by atoms with Gasteiger partial charge in [0.2, 0.25) is 5.91 Å². The zero-order valence-electron chi connectivity index (χ0n) is 57.9. The molecule has 0 aromatic heterocycles. The molecule has 0 radical (unpaired) electrons. The smallest absolute Gasteiger partial charge is 0.305 e. The van der Waals surface area contributed by atoms with E-state index in [1.807, 2.05) is 6.08 Å². The zero-order chi connectivity index (χ0) is 61.3. The number of hydrogen-bond donors (Lipinski definition) is 3. The highest BCUT2D eigenvalue weighted by molar-refractivity contribution is 5.76. The van der Waals surface area contributed by atoms with Crippen LogP contribution in [0.4, 0.5) is 0 Å². The van der Waals surface area contributed by atoms with Gasteiger partial charge in [-0.25, -0.2) is 0 Å². The van der Waals surface area contributed by atoms with Crippen LogP contribution >= 0.6 is 0 Å². The highest BCUT2D eigenvalue weighted by Crippen LogP contribution is 2.20. The van der Waals surface area contributed by atoms with Crippen molar-refractivity contribution >= 4 is 11.9 Å². The van der Waals surface area contributed by atoms with E-state index in [2.05, 4.69) is 31.3 Å². The van der Waals surface area contributed by atoms with Crippen LogP contribution in [0, 0.1) is 0 Å². The van der Waals surface area contributed by atoms with Crippen molar-refractivity contribution in [2.45, 2.75) is 456 Å². The van der Waals surface area contributed by atoms with E-state index in [4.69, 9.17) is 4.74 Å². The summed E-state index contributed by atoms with van der Waals surface area (Å²) in [6, 6.07) is -0.624. The third-order valence-corrected chi connectivity index (χ3v) is 18.5. The van der Waals surface area contributed by atoms with Gasteiger partial charge in [0.1, 0.15) is 0 Å². The Kier molecular flexibility index (Phi) is 73.3. The first-order valence-corrected chi connectivity index (χ1v) is 39.1. The first kappa shape index (κ1) is 83.3. The number of carbonyl (C=O) groups excluding carboxylic acids is 2. The van der Waals surface area contributed by atoms with Gasteiger partial charge < -0.3 is 20.3 Å². The normalized spacial score (nSPS) is 12.6. The molecule has 504 valence electrons. The van der Waals surface area contributed by atoms with Crippen molar-refractivity contribution in [1.82, 2.24) is 5.32 Å². The van der Waals surface area contributed by atoms with Gasteiger partial charge >= 0.3 is 5.97 Å². The standard InChI is InChI=1S/C79H153NO5/c1-3-5-7-9-11-13-15-17-18-19-20-38-41-44-48-51-55-59-63-67-71-77(82)76(75-81)80-78(83)72-68-64-60-56-52-49-45-42-39-36-34-32-30-28-26-24-22-21-23-25-27-29-31-33-35-37-40-43-46-50-54-58-62-66-70-74-85-79(84)73-69-65-61-57-53-47-16-14-12-10-8-6-4-2/h14,16,67,71,76-77,81-82H,3-13,15,17-66,68-70,72-75H2,1-2H3,(H,80,83)/b16-14-,71-67+. The summed E-state index contributed by atoms with van der Waals surface area (Å²) in [6.45, 7) is 4.94. The Hall–Kier alpha value is -1.66. The SMILES string of the molecule is CCCCCC/C=C\CCCCCCCC(=O)OCCCCCCCCCCCCCCCCCCCCCCCCCCCCCCCCCCCCCC(=O)NC(CO)C(O)/C=C/CCCCCCCCCCCCCCCCCCCC. The van der Waals surface area contributed by atoms with E-state index < -0.39 is 12.1 Å². The van der Waals surface area contributed by atoms with Crippen LogP contribution in [0.25, 0.3) is 0 Å². The average Bonchev–Trinajstić information content (AvgIpc) is 3.51. The third-order valence-electron chi connectivity index (χ3n) is 18.5. The maximum Gasteiger partial charge on any atom is 0.305 e. The first-order chi connectivity index (χ1) is 42.0. The molecule has 0 aromatic rings. The lowest BCUT2D eigenvalue weighted by Crippen LogP contribution is -2.45. The Labute approximate surface area is 532 Å². The minimum atomic E-state index is -0.841. The second kappa shape index (κ2) is 74.8. The molecule has 0 aliphatic heterocycles. The molecule has 0 heterocycles. The van der Waals surface area contributed by atoms with Gasteiger partial charge in [0.15, 0.2) is 0 Å². The zero-order valence-corrected chi connectivity index (χ0v) is 57.9. The molecule has 2 unspecified atom stereocenters. The second-order valence-electron chi connectivity index (χ2n) is 27.0. The monoisotopic (exact) mass is 1200 g/mol. The molecular weight excluding hydrogens is 1040 g/mol. The van der Waals surface area contributed by atoms with Gasteiger partial charge in [0, 0.05) is 12.8 Å². The minimum Gasteiger partial charge on any atom is -0.466 e. The summed E-state index contributed by atoms with van der Waals surface area (Å²) >= 11 is 0. The van der Waals surface area contributed by atoms with Gasteiger partial charge in [-0.05, 0) is 57.8 Å². The number of amides is 1. The summed E-state index contributed by atoms with van der Waals surface area (Å²) < 4.78 is 5.49. The quantitative estimate of drug-likeness (QED) is 0.0320. The number of nitrogens with one attached hydrogen (secondary N) is 1. The highest BCUT2D eigenvalue weighted by atomic mass is 16.5. The molecule has 6 nitrogen and oxygen atoms in total. The molecule has 0 spiro atoms. The van der Waals surface area contributed by atoms with Crippen LogP contribution < -0.4 is 5.32 Å². The molecule has 2 atom stereocenters. The van der Waals surface area contributed by atoms with Crippen molar-refractivity contribution in [3.63, 3.8) is 0 Å². The second-order valence-corrected chi connectivity index (χ2v) is 27.0. The van der Waals surface area contributed by atoms with Crippen LogP contribution in [0.1, 0.15) is 444 Å². The minimum absolute atomic E-state index is 0.0138. The molecule has 0 saturated carbocycles. The summed E-state index contributed by atoms with van der Waals surface area (Å²) in [5.74, 6) is -0.0443. The predicted octanol–water partition coefficient (Wildman–Crippen LogP) is 25.7. The van der Waals surface area contributed by atoms with Gasteiger partial charge in [0.05, 0.1) is 25.4 Å². The molecule has 85 heavy (non-hydrogen) atoms. The fourth-order valence-corrected chi connectivity index (χ4v) is 12.5. The van der Waals surface area contributed by atoms with Crippen LogP contribution in [0.5, 0.6) is 0 Å². The lowest BCUT2D eigenvalue weighted by molar-refractivity contribution is -0.143. The van der Waals surface area contributed by atoms with E-state index in [1.54, 1.807) is 6.08 Å². The Balaban J connectivity index is 3.33. The van der Waals surface area contributed by atoms with E-state index in [0.717, 1.165) is 44.9 Å². The molecule has 0 rings (SSSR count). The Morgan fingerprint density at radius 1 is 0.318 bits per heavy atom. The maximum atomic E-state index is 12.5. The summed E-state index contributed by atoms with van der Waals surface area (Å²) in [5.41, 5.74) is 0. The molecule has 0 aliphatic rings. The predicted molar refractivity (Wildman–Crippen MR) is 375 cm³/mol. The highest BCUT2D eigenvalue weighted by Gasteiger charge is 2.18. The average molecular weight is 1200 g/mol. The molecule has 0 fully saturated rings. The number of ether oxygens (including phenoxy) is 1. The van der Waals surface area contributed by atoms with Crippen molar-refractivity contribution in [3.05, 3.63) is 24.3 Å². The molecule has 0 saturated heterocycles. The molecule has 0 aliphatic carbocycles. The largest absolute Gasteiger partial charge is 0.466 e. The van der Waals surface area contributed by atoms with Crippen molar-refractivity contribution < 1.29 is 24.5 Å². The van der Waals surface area contributed by atoms with E-state index >= 15 is 0 Å². The molecule has 6 heteroatoms. The number of rotatable bonds is 74. The van der Waals surface area contributed by atoms with Gasteiger partial charge in [-0.1, -0.05) is 398 Å². The number of aliphatic hydroxyl groups is 2. The topological polar surface area (TPSA) is 95.9 Å². The third kappa shape index (κ3) is 71.3. The number of unbranched alkanes of at least 4 members (excludes halogenated alkanes) is 61. The van der Waals surface area contributed by atoms with Gasteiger partial charge in [-0.15, -0.1) is 0 Å². The Bertz CT molecular complexity index is 1330. The van der Waals surface area contributed by atoms with E-state index in [1.165, 1.54) is 372 Å². The first-order valence-electron chi connectivity index (χ1n) is 39.1. The van der Waals surface area contributed by atoms with E-state index in [-0.39, 0.29) is 18.5 Å². The van der Waals surface area contributed by atoms with Gasteiger partial charge in [0.25, 0.3) is 0 Å². The Morgan fingerprint density at radius 2 is 0.553 bits per heavy atom. The van der Waals surface area contributed by atoms with Crippen molar-refractivity contribution in [2.24, 2.45) is 0 Å². The maximum absolute atomic E-state index is 12.5. The number of aliphatic hydroxyl groups excluding tert-OH is 2. The molecule has 0 bridgehead atoms. The van der Waals surface area contributed by atoms with Crippen LogP contribution in [0.3, 0.4) is 0 Å². The lowest BCUT2D eigenvalue weighted by atomic mass is 10.0. The number of hydrogen-bond acceptors (Lipinski definition) is 5. The van der Waals surface area contributed by atoms with Gasteiger partial charge in [-0.3, -0.25) is 9.59 Å². The van der Waals surface area contributed by atoms with Crippen molar-refractivity contribution in [3.8, 4) is 0 Å². The fraction of sp³-hybridized carbons (Fsp3) is 0.924. The molecule has 1 amide bonds. The van der Waals surface area contributed by atoms with E-state index in [0.29, 0.717) is 19.4 Å². The summed E-state index contributed by atoms with van der Waals surface area (Å²) in [4.78, 5) is 24.6. The number of esters is 1. The number of carbonyl (C=O) groups is 2. The summed E-state index contributed by atoms with van der Waals surface area (Å²) in [5, 5.41) is 23.3. The lowest BCUT2D eigenvalue weighted by Gasteiger charge is -2.20.